The van der Waals surface area contributed by atoms with Crippen LogP contribution in [0.2, 0.25) is 0 Å². The fourth-order valence-electron chi connectivity index (χ4n) is 3.41. The summed E-state index contributed by atoms with van der Waals surface area (Å²) < 4.78 is 3.30. The van der Waals surface area contributed by atoms with Crippen molar-refractivity contribution in [2.45, 2.75) is 38.9 Å². The summed E-state index contributed by atoms with van der Waals surface area (Å²) in [5.74, 6) is 0.853. The van der Waals surface area contributed by atoms with Crippen molar-refractivity contribution in [1.29, 1.82) is 0 Å². The molecule has 128 valence electrons. The SMILES string of the molecule is Cc1nn(CC(=O)N[C@H]2CCc3nccn3C2)c(=O)c2ccccc12. The van der Waals surface area contributed by atoms with Gasteiger partial charge in [0.05, 0.1) is 11.1 Å². The average Bonchev–Trinajstić information content (AvgIpc) is 3.07. The van der Waals surface area contributed by atoms with Gasteiger partial charge in [0.15, 0.2) is 0 Å². The van der Waals surface area contributed by atoms with Crippen molar-refractivity contribution in [3.05, 3.63) is 58.5 Å². The first kappa shape index (κ1) is 15.6. The van der Waals surface area contributed by atoms with E-state index in [0.29, 0.717) is 11.9 Å². The molecule has 0 bridgehead atoms. The van der Waals surface area contributed by atoms with Gasteiger partial charge in [-0.2, -0.15) is 5.10 Å². The third-order valence-electron chi connectivity index (χ3n) is 4.65. The number of hydrogen-bond acceptors (Lipinski definition) is 4. The van der Waals surface area contributed by atoms with Crippen molar-refractivity contribution in [2.75, 3.05) is 0 Å². The van der Waals surface area contributed by atoms with Crippen LogP contribution in [0.15, 0.2) is 41.5 Å². The van der Waals surface area contributed by atoms with Gasteiger partial charge in [-0.15, -0.1) is 0 Å². The Morgan fingerprint density at radius 2 is 2.12 bits per heavy atom. The van der Waals surface area contributed by atoms with Gasteiger partial charge < -0.3 is 9.88 Å². The molecule has 25 heavy (non-hydrogen) atoms. The molecule has 0 unspecified atom stereocenters. The summed E-state index contributed by atoms with van der Waals surface area (Å²) in [6.45, 7) is 2.48. The van der Waals surface area contributed by atoms with Gasteiger partial charge in [0, 0.05) is 36.8 Å². The van der Waals surface area contributed by atoms with Crippen LogP contribution in [0.25, 0.3) is 10.8 Å². The highest BCUT2D eigenvalue weighted by atomic mass is 16.2. The van der Waals surface area contributed by atoms with Crippen LogP contribution in [-0.2, 0) is 24.3 Å². The Balaban J connectivity index is 1.51. The lowest BCUT2D eigenvalue weighted by atomic mass is 10.1. The first-order chi connectivity index (χ1) is 12.1. The van der Waals surface area contributed by atoms with Crippen molar-refractivity contribution in [2.24, 2.45) is 0 Å². The summed E-state index contributed by atoms with van der Waals surface area (Å²) in [7, 11) is 0. The van der Waals surface area contributed by atoms with Gasteiger partial charge in [-0.3, -0.25) is 9.59 Å². The third-order valence-corrected chi connectivity index (χ3v) is 4.65. The molecule has 1 aliphatic heterocycles. The fourth-order valence-corrected chi connectivity index (χ4v) is 3.41. The molecule has 1 aliphatic rings. The van der Waals surface area contributed by atoms with E-state index in [-0.39, 0.29) is 24.1 Å². The standard InChI is InChI=1S/C18H19N5O2/c1-12-14-4-2-3-5-15(14)18(25)23(21-12)11-17(24)20-13-6-7-16-19-8-9-22(16)10-13/h2-5,8-9,13H,6-7,10-11H2,1H3,(H,20,24)/t13-/m0/s1. The van der Waals surface area contributed by atoms with Crippen LogP contribution in [-0.4, -0.2) is 31.3 Å². The predicted molar refractivity (Wildman–Crippen MR) is 93.2 cm³/mol. The molecule has 4 rings (SSSR count). The number of imidazole rings is 1. The summed E-state index contributed by atoms with van der Waals surface area (Å²) in [4.78, 5) is 29.2. The van der Waals surface area contributed by atoms with Crippen molar-refractivity contribution in [1.82, 2.24) is 24.6 Å². The Hall–Kier alpha value is -2.96. The molecule has 0 saturated carbocycles. The van der Waals surface area contributed by atoms with Crippen LogP contribution in [0.1, 0.15) is 17.9 Å². The number of rotatable bonds is 3. The molecule has 2 aromatic heterocycles. The number of carbonyl (C=O) groups is 1. The fraction of sp³-hybridized carbons (Fsp3) is 0.333. The minimum absolute atomic E-state index is 0.0476. The zero-order valence-electron chi connectivity index (χ0n) is 14.0. The van der Waals surface area contributed by atoms with E-state index in [9.17, 15) is 9.59 Å². The molecule has 0 aliphatic carbocycles. The molecule has 0 radical (unpaired) electrons. The Labute approximate surface area is 144 Å². The molecule has 0 saturated heterocycles. The van der Waals surface area contributed by atoms with Gasteiger partial charge >= 0.3 is 0 Å². The van der Waals surface area contributed by atoms with E-state index in [2.05, 4.69) is 20.0 Å². The Morgan fingerprint density at radius 1 is 1.32 bits per heavy atom. The summed E-state index contributed by atoms with van der Waals surface area (Å²) >= 11 is 0. The maximum atomic E-state index is 12.5. The zero-order chi connectivity index (χ0) is 17.4. The molecule has 3 aromatic rings. The topological polar surface area (TPSA) is 81.8 Å². The molecule has 0 spiro atoms. The van der Waals surface area contributed by atoms with E-state index in [1.54, 1.807) is 12.3 Å². The highest BCUT2D eigenvalue weighted by Gasteiger charge is 2.21. The third kappa shape index (κ3) is 2.93. The van der Waals surface area contributed by atoms with E-state index in [4.69, 9.17) is 0 Å². The quantitative estimate of drug-likeness (QED) is 0.774. The summed E-state index contributed by atoms with van der Waals surface area (Å²) in [6.07, 6.45) is 5.39. The van der Waals surface area contributed by atoms with Crippen LogP contribution in [0.5, 0.6) is 0 Å². The molecular weight excluding hydrogens is 318 g/mol. The second-order valence-corrected chi connectivity index (χ2v) is 6.39. The number of nitrogens with zero attached hydrogens (tertiary/aromatic N) is 4. The minimum atomic E-state index is -0.239. The highest BCUT2D eigenvalue weighted by Crippen LogP contribution is 2.13. The highest BCUT2D eigenvalue weighted by molar-refractivity contribution is 5.83. The van der Waals surface area contributed by atoms with Gasteiger partial charge in [-0.25, -0.2) is 9.67 Å². The molecule has 1 atom stereocenters. The number of hydrogen-bond donors (Lipinski definition) is 1. The summed E-state index contributed by atoms with van der Waals surface area (Å²) in [5.41, 5.74) is 0.501. The molecule has 7 nitrogen and oxygen atoms in total. The number of aryl methyl sites for hydroxylation is 2. The smallest absolute Gasteiger partial charge is 0.275 e. The Bertz CT molecular complexity index is 1000. The molecule has 1 aromatic carbocycles. The summed E-state index contributed by atoms with van der Waals surface area (Å²) in [5, 5.41) is 8.71. The molecular formula is C18H19N5O2. The van der Waals surface area contributed by atoms with Crippen LogP contribution < -0.4 is 10.9 Å². The van der Waals surface area contributed by atoms with Gasteiger partial charge in [0.2, 0.25) is 5.91 Å². The van der Waals surface area contributed by atoms with E-state index in [0.717, 1.165) is 29.7 Å². The van der Waals surface area contributed by atoms with Gasteiger partial charge in [0.1, 0.15) is 12.4 Å². The van der Waals surface area contributed by atoms with Crippen molar-refractivity contribution < 1.29 is 4.79 Å². The first-order valence-corrected chi connectivity index (χ1v) is 8.37. The first-order valence-electron chi connectivity index (χ1n) is 8.37. The van der Waals surface area contributed by atoms with Gasteiger partial charge in [-0.1, -0.05) is 18.2 Å². The Kier molecular flexibility index (Phi) is 3.83. The largest absolute Gasteiger partial charge is 0.350 e. The molecule has 0 fully saturated rings. The van der Waals surface area contributed by atoms with Crippen molar-refractivity contribution in [3.8, 4) is 0 Å². The lowest BCUT2D eigenvalue weighted by Gasteiger charge is -2.24. The normalized spacial score (nSPS) is 16.6. The second kappa shape index (κ2) is 6.16. The predicted octanol–water partition coefficient (Wildman–Crippen LogP) is 1.03. The van der Waals surface area contributed by atoms with Crippen LogP contribution in [0.3, 0.4) is 0 Å². The average molecular weight is 337 g/mol. The van der Waals surface area contributed by atoms with Crippen LogP contribution in [0, 0.1) is 6.92 Å². The number of aromatic nitrogens is 4. The monoisotopic (exact) mass is 337 g/mol. The van der Waals surface area contributed by atoms with Gasteiger partial charge in [-0.05, 0) is 19.4 Å². The number of amides is 1. The van der Waals surface area contributed by atoms with E-state index < -0.39 is 0 Å². The molecule has 3 heterocycles. The molecule has 1 N–H and O–H groups in total. The Morgan fingerprint density at radius 3 is 2.96 bits per heavy atom. The number of carbonyl (C=O) groups excluding carboxylic acids is 1. The van der Waals surface area contributed by atoms with E-state index in [1.807, 2.05) is 31.3 Å². The number of benzene rings is 1. The number of fused-ring (bicyclic) bond motifs is 2. The van der Waals surface area contributed by atoms with E-state index >= 15 is 0 Å². The zero-order valence-corrected chi connectivity index (χ0v) is 14.0. The van der Waals surface area contributed by atoms with E-state index in [1.165, 1.54) is 4.68 Å². The minimum Gasteiger partial charge on any atom is -0.350 e. The maximum absolute atomic E-state index is 12.5. The van der Waals surface area contributed by atoms with Crippen LogP contribution in [0.4, 0.5) is 0 Å². The van der Waals surface area contributed by atoms with Crippen molar-refractivity contribution >= 4 is 16.7 Å². The van der Waals surface area contributed by atoms with Gasteiger partial charge in [0.25, 0.3) is 5.56 Å². The number of nitrogens with one attached hydrogen (secondary N) is 1. The second-order valence-electron chi connectivity index (χ2n) is 6.39. The van der Waals surface area contributed by atoms with Crippen LogP contribution >= 0.6 is 0 Å². The maximum Gasteiger partial charge on any atom is 0.275 e. The lowest BCUT2D eigenvalue weighted by Crippen LogP contribution is -2.43. The van der Waals surface area contributed by atoms with Crippen molar-refractivity contribution in [3.63, 3.8) is 0 Å². The lowest BCUT2D eigenvalue weighted by molar-refractivity contribution is -0.122. The summed E-state index contributed by atoms with van der Waals surface area (Å²) in [6, 6.07) is 7.38. The molecule has 7 heteroatoms. The molecule has 1 amide bonds.